The van der Waals surface area contributed by atoms with Crippen LogP contribution in [0.5, 0.6) is 5.75 Å². The van der Waals surface area contributed by atoms with E-state index in [1.54, 1.807) is 0 Å². The van der Waals surface area contributed by atoms with Gasteiger partial charge in [-0.25, -0.2) is 0 Å². The highest BCUT2D eigenvalue weighted by molar-refractivity contribution is 5.45. The van der Waals surface area contributed by atoms with Crippen LogP contribution >= 0.6 is 0 Å². The second-order valence-corrected chi connectivity index (χ2v) is 5.54. The average Bonchev–Trinajstić information content (AvgIpc) is 2.61. The van der Waals surface area contributed by atoms with Crippen molar-refractivity contribution >= 4 is 5.69 Å². The second-order valence-electron chi connectivity index (χ2n) is 5.54. The van der Waals surface area contributed by atoms with Gasteiger partial charge in [-0.1, -0.05) is 60.7 Å². The van der Waals surface area contributed by atoms with Crippen LogP contribution in [-0.2, 0) is 13.2 Å². The van der Waals surface area contributed by atoms with Crippen molar-refractivity contribution in [3.8, 4) is 5.75 Å². The lowest BCUT2D eigenvalue weighted by molar-refractivity contribution is 0.302. The Morgan fingerprint density at radius 3 is 2.17 bits per heavy atom. The van der Waals surface area contributed by atoms with E-state index in [1.165, 1.54) is 11.1 Å². The Balaban J connectivity index is 1.67. The van der Waals surface area contributed by atoms with Gasteiger partial charge in [0.1, 0.15) is 12.4 Å². The molecule has 0 aliphatic heterocycles. The highest BCUT2D eigenvalue weighted by atomic mass is 16.5. The third-order valence-corrected chi connectivity index (χ3v) is 3.87. The van der Waals surface area contributed by atoms with E-state index in [-0.39, 0.29) is 0 Å². The molecule has 0 bridgehead atoms. The summed E-state index contributed by atoms with van der Waals surface area (Å²) in [5.41, 5.74) is 4.75. The van der Waals surface area contributed by atoms with E-state index in [4.69, 9.17) is 4.74 Å². The Hall–Kier alpha value is -2.74. The van der Waals surface area contributed by atoms with Crippen molar-refractivity contribution in [3.63, 3.8) is 0 Å². The van der Waals surface area contributed by atoms with Crippen LogP contribution in [0, 0.1) is 6.92 Å². The van der Waals surface area contributed by atoms with Crippen LogP contribution in [0.1, 0.15) is 16.7 Å². The number of benzene rings is 3. The summed E-state index contributed by atoms with van der Waals surface area (Å²) < 4.78 is 6.05. The molecule has 0 aromatic heterocycles. The van der Waals surface area contributed by atoms with Crippen molar-refractivity contribution < 1.29 is 4.74 Å². The van der Waals surface area contributed by atoms with Crippen LogP contribution < -0.4 is 10.1 Å². The van der Waals surface area contributed by atoms with E-state index >= 15 is 0 Å². The third kappa shape index (κ3) is 4.13. The normalized spacial score (nSPS) is 10.3. The molecule has 2 nitrogen and oxygen atoms in total. The molecule has 3 rings (SSSR count). The highest BCUT2D eigenvalue weighted by Crippen LogP contribution is 2.21. The molecule has 0 aliphatic carbocycles. The molecule has 0 radical (unpaired) electrons. The van der Waals surface area contributed by atoms with E-state index in [1.807, 2.05) is 36.4 Å². The molecule has 0 aliphatic rings. The Morgan fingerprint density at radius 2 is 1.39 bits per heavy atom. The molecule has 0 amide bonds. The molecule has 2 heteroatoms. The molecule has 0 heterocycles. The first kappa shape index (κ1) is 15.2. The van der Waals surface area contributed by atoms with Gasteiger partial charge in [-0.2, -0.15) is 0 Å². The summed E-state index contributed by atoms with van der Waals surface area (Å²) in [5.74, 6) is 0.930. The maximum Gasteiger partial charge on any atom is 0.124 e. The quantitative estimate of drug-likeness (QED) is 0.677. The lowest BCUT2D eigenvalue weighted by Crippen LogP contribution is -2.04. The Bertz CT molecular complexity index is 753. The van der Waals surface area contributed by atoms with E-state index in [9.17, 15) is 0 Å². The molecular formula is C21H21NO. The number of aryl methyl sites for hydroxylation is 1. The maximum absolute atomic E-state index is 6.05. The molecule has 0 atom stereocenters. The first-order chi connectivity index (χ1) is 11.3. The predicted molar refractivity (Wildman–Crippen MR) is 95.7 cm³/mol. The summed E-state index contributed by atoms with van der Waals surface area (Å²) in [7, 11) is 0. The average molecular weight is 303 g/mol. The molecular weight excluding hydrogens is 282 g/mol. The number of nitrogens with one attached hydrogen (secondary N) is 1. The minimum Gasteiger partial charge on any atom is -0.489 e. The predicted octanol–water partition coefficient (Wildman–Crippen LogP) is 5.19. The minimum atomic E-state index is 0.592. The van der Waals surface area contributed by atoms with Gasteiger partial charge in [-0.3, -0.25) is 0 Å². The molecule has 0 saturated heterocycles. The van der Waals surface area contributed by atoms with Crippen LogP contribution in [0.25, 0.3) is 0 Å². The topological polar surface area (TPSA) is 21.3 Å². The summed E-state index contributed by atoms with van der Waals surface area (Å²) in [5, 5.41) is 3.43. The molecule has 0 unspecified atom stereocenters. The molecule has 1 N–H and O–H groups in total. The number of rotatable bonds is 6. The van der Waals surface area contributed by atoms with Crippen molar-refractivity contribution in [3.05, 3.63) is 95.6 Å². The Morgan fingerprint density at radius 1 is 0.739 bits per heavy atom. The van der Waals surface area contributed by atoms with E-state index in [0.717, 1.165) is 23.5 Å². The smallest absolute Gasteiger partial charge is 0.124 e. The zero-order chi connectivity index (χ0) is 15.9. The largest absolute Gasteiger partial charge is 0.489 e. The van der Waals surface area contributed by atoms with Crippen molar-refractivity contribution in [1.29, 1.82) is 0 Å². The summed E-state index contributed by atoms with van der Waals surface area (Å²) in [6, 6.07) is 26.7. The van der Waals surface area contributed by atoms with Gasteiger partial charge in [-0.15, -0.1) is 0 Å². The van der Waals surface area contributed by atoms with Gasteiger partial charge in [0.25, 0.3) is 0 Å². The first-order valence-electron chi connectivity index (χ1n) is 7.87. The first-order valence-corrected chi connectivity index (χ1v) is 7.87. The van der Waals surface area contributed by atoms with Crippen molar-refractivity contribution in [2.24, 2.45) is 0 Å². The van der Waals surface area contributed by atoms with Gasteiger partial charge in [0, 0.05) is 17.8 Å². The number of hydrogen-bond donors (Lipinski definition) is 1. The second kappa shape index (κ2) is 7.50. The summed E-state index contributed by atoms with van der Waals surface area (Å²) >= 11 is 0. The van der Waals surface area contributed by atoms with E-state index in [2.05, 4.69) is 54.7 Å². The fraction of sp³-hybridized carbons (Fsp3) is 0.143. The third-order valence-electron chi connectivity index (χ3n) is 3.87. The van der Waals surface area contributed by atoms with Crippen molar-refractivity contribution in [1.82, 2.24) is 0 Å². The zero-order valence-electron chi connectivity index (χ0n) is 13.3. The lowest BCUT2D eigenvalue weighted by atomic mass is 10.1. The highest BCUT2D eigenvalue weighted by Gasteiger charge is 2.04. The number of para-hydroxylation sites is 2. The molecule has 116 valence electrons. The van der Waals surface area contributed by atoms with Gasteiger partial charge in [0.05, 0.1) is 0 Å². The van der Waals surface area contributed by atoms with Crippen LogP contribution in [0.15, 0.2) is 78.9 Å². The van der Waals surface area contributed by atoms with Crippen LogP contribution in [0.2, 0.25) is 0 Å². The minimum absolute atomic E-state index is 0.592. The van der Waals surface area contributed by atoms with E-state index in [0.29, 0.717) is 6.61 Å². The van der Waals surface area contributed by atoms with Gasteiger partial charge in [0.2, 0.25) is 0 Å². The van der Waals surface area contributed by atoms with E-state index < -0.39 is 0 Å². The monoisotopic (exact) mass is 303 g/mol. The molecule has 0 saturated carbocycles. The van der Waals surface area contributed by atoms with Crippen LogP contribution in [-0.4, -0.2) is 0 Å². The standard InChI is InChI=1S/C21H21NO/c1-17-9-5-6-11-19(17)16-23-21-14-8-7-10-18(21)15-22-20-12-3-2-4-13-20/h2-14,22H,15-16H2,1H3. The van der Waals surface area contributed by atoms with Gasteiger partial charge in [-0.05, 0) is 36.2 Å². The molecule has 3 aromatic carbocycles. The van der Waals surface area contributed by atoms with Crippen LogP contribution in [0.3, 0.4) is 0 Å². The molecule has 0 spiro atoms. The van der Waals surface area contributed by atoms with Gasteiger partial charge >= 0.3 is 0 Å². The van der Waals surface area contributed by atoms with Gasteiger partial charge < -0.3 is 10.1 Å². The fourth-order valence-electron chi connectivity index (χ4n) is 2.47. The SMILES string of the molecule is Cc1ccccc1COc1ccccc1CNc1ccccc1. The maximum atomic E-state index is 6.05. The van der Waals surface area contributed by atoms with Crippen molar-refractivity contribution in [2.75, 3.05) is 5.32 Å². The summed E-state index contributed by atoms with van der Waals surface area (Å²) in [6.07, 6.45) is 0. The number of anilines is 1. The molecule has 23 heavy (non-hydrogen) atoms. The Kier molecular flexibility index (Phi) is 4.95. The Labute approximate surface area is 137 Å². The summed E-state index contributed by atoms with van der Waals surface area (Å²) in [6.45, 7) is 3.45. The van der Waals surface area contributed by atoms with Crippen LogP contribution in [0.4, 0.5) is 5.69 Å². The fourth-order valence-corrected chi connectivity index (χ4v) is 2.47. The number of ether oxygens (including phenoxy) is 1. The summed E-state index contributed by atoms with van der Waals surface area (Å²) in [4.78, 5) is 0. The molecule has 3 aromatic rings. The van der Waals surface area contributed by atoms with Gasteiger partial charge in [0.15, 0.2) is 0 Å². The number of hydrogen-bond acceptors (Lipinski definition) is 2. The zero-order valence-corrected chi connectivity index (χ0v) is 13.3. The lowest BCUT2D eigenvalue weighted by Gasteiger charge is -2.14. The van der Waals surface area contributed by atoms with Crippen molar-refractivity contribution in [2.45, 2.75) is 20.1 Å². The molecule has 0 fully saturated rings.